The van der Waals surface area contributed by atoms with E-state index in [1.807, 2.05) is 0 Å². The molecule has 0 saturated carbocycles. The Labute approximate surface area is 217 Å². The molecule has 0 unspecified atom stereocenters. The van der Waals surface area contributed by atoms with Crippen LogP contribution >= 0.6 is 0 Å². The van der Waals surface area contributed by atoms with Crippen molar-refractivity contribution in [2.75, 3.05) is 5.32 Å². The molecule has 1 aromatic heterocycles. The maximum Gasteiger partial charge on any atom is 0.269 e. The maximum atomic E-state index is 14.1. The van der Waals surface area contributed by atoms with Crippen LogP contribution in [0.4, 0.5) is 33.3 Å². The van der Waals surface area contributed by atoms with E-state index < -0.39 is 52.0 Å². The highest BCUT2D eigenvalue weighted by Gasteiger charge is 2.27. The number of hydrogen-bond acceptors (Lipinski definition) is 5. The number of ether oxygens (including phenoxy) is 1. The Morgan fingerprint density at radius 3 is 2.21 bits per heavy atom. The molecule has 4 rings (SSSR count). The molecule has 0 fully saturated rings. The predicted molar refractivity (Wildman–Crippen MR) is 129 cm³/mol. The van der Waals surface area contributed by atoms with E-state index in [2.05, 4.69) is 10.4 Å². The standard InChI is InChI=1S/C26H19F5N4O4/c1-13-25(14(2)34(33-13)11-19-20(27)22(29)24(31)23(30)21(19)28)32-26(36)16-5-3-4-15(10-16)12-39-18-8-6-17(7-9-18)35(37)38/h3-10H,11-12H2,1-2H3,(H,32,36). The monoisotopic (exact) mass is 546 g/mol. The first-order valence-corrected chi connectivity index (χ1v) is 11.3. The number of benzene rings is 3. The Kier molecular flexibility index (Phi) is 7.61. The number of carbonyl (C=O) groups excluding carboxylic acids is 1. The fourth-order valence-electron chi connectivity index (χ4n) is 3.79. The number of hydrogen-bond donors (Lipinski definition) is 1. The van der Waals surface area contributed by atoms with Crippen LogP contribution < -0.4 is 10.1 Å². The summed E-state index contributed by atoms with van der Waals surface area (Å²) in [5.41, 5.74) is 0.404. The van der Waals surface area contributed by atoms with Crippen LogP contribution in [-0.4, -0.2) is 20.6 Å². The van der Waals surface area contributed by atoms with Crippen LogP contribution in [0.2, 0.25) is 0 Å². The molecule has 1 N–H and O–H groups in total. The lowest BCUT2D eigenvalue weighted by atomic mass is 10.1. The van der Waals surface area contributed by atoms with Crippen molar-refractivity contribution in [3.8, 4) is 5.75 Å². The number of anilines is 1. The van der Waals surface area contributed by atoms with Crippen molar-refractivity contribution in [1.82, 2.24) is 9.78 Å². The van der Waals surface area contributed by atoms with Gasteiger partial charge in [0.15, 0.2) is 23.3 Å². The molecule has 0 atom stereocenters. The van der Waals surface area contributed by atoms with Gasteiger partial charge in [0.1, 0.15) is 12.4 Å². The fourth-order valence-corrected chi connectivity index (χ4v) is 3.79. The summed E-state index contributed by atoms with van der Waals surface area (Å²) >= 11 is 0. The molecular formula is C26H19F5N4O4. The first kappa shape index (κ1) is 27.2. The van der Waals surface area contributed by atoms with Gasteiger partial charge in [-0.05, 0) is 43.7 Å². The first-order valence-electron chi connectivity index (χ1n) is 11.3. The van der Waals surface area contributed by atoms with E-state index >= 15 is 0 Å². The van der Waals surface area contributed by atoms with E-state index in [4.69, 9.17) is 4.74 Å². The minimum absolute atomic E-state index is 0.0663. The zero-order valence-electron chi connectivity index (χ0n) is 20.4. The number of nitrogens with zero attached hydrogens (tertiary/aromatic N) is 3. The molecular weight excluding hydrogens is 527 g/mol. The number of rotatable bonds is 8. The Morgan fingerprint density at radius 2 is 1.59 bits per heavy atom. The normalized spacial score (nSPS) is 10.9. The minimum Gasteiger partial charge on any atom is -0.489 e. The second kappa shape index (κ2) is 10.9. The van der Waals surface area contributed by atoms with Gasteiger partial charge in [-0.15, -0.1) is 0 Å². The van der Waals surface area contributed by atoms with Crippen LogP contribution in [0.1, 0.15) is 32.9 Å². The van der Waals surface area contributed by atoms with Crippen LogP contribution in [0.5, 0.6) is 5.75 Å². The molecule has 1 heterocycles. The highest BCUT2D eigenvalue weighted by molar-refractivity contribution is 6.05. The highest BCUT2D eigenvalue weighted by Crippen LogP contribution is 2.27. The second-order valence-corrected chi connectivity index (χ2v) is 8.45. The molecule has 0 saturated heterocycles. The van der Waals surface area contributed by atoms with Crippen molar-refractivity contribution in [1.29, 1.82) is 0 Å². The molecule has 3 aromatic carbocycles. The van der Waals surface area contributed by atoms with Crippen molar-refractivity contribution < 1.29 is 36.4 Å². The van der Waals surface area contributed by atoms with Crippen LogP contribution in [0.15, 0.2) is 48.5 Å². The molecule has 202 valence electrons. The topological polar surface area (TPSA) is 99.3 Å². The molecule has 13 heteroatoms. The van der Waals surface area contributed by atoms with Gasteiger partial charge in [-0.1, -0.05) is 12.1 Å². The van der Waals surface area contributed by atoms with E-state index in [1.54, 1.807) is 18.2 Å². The van der Waals surface area contributed by atoms with Gasteiger partial charge in [0.2, 0.25) is 5.82 Å². The summed E-state index contributed by atoms with van der Waals surface area (Å²) in [7, 11) is 0. The molecule has 4 aromatic rings. The molecule has 8 nitrogen and oxygen atoms in total. The van der Waals surface area contributed by atoms with Crippen LogP contribution in [0.25, 0.3) is 0 Å². The van der Waals surface area contributed by atoms with Gasteiger partial charge in [-0.3, -0.25) is 19.6 Å². The summed E-state index contributed by atoms with van der Waals surface area (Å²) in [6.45, 7) is 2.28. The summed E-state index contributed by atoms with van der Waals surface area (Å²) in [5.74, 6) is -10.4. The van der Waals surface area contributed by atoms with E-state index in [-0.39, 0.29) is 34.9 Å². The SMILES string of the molecule is Cc1nn(Cc2c(F)c(F)c(F)c(F)c2F)c(C)c1NC(=O)c1cccc(COc2ccc([N+](=O)[O-])cc2)c1. The van der Waals surface area contributed by atoms with E-state index in [0.717, 1.165) is 4.68 Å². The lowest BCUT2D eigenvalue weighted by molar-refractivity contribution is -0.384. The van der Waals surface area contributed by atoms with Crippen molar-refractivity contribution in [3.05, 3.63) is 116 Å². The van der Waals surface area contributed by atoms with Crippen LogP contribution in [0.3, 0.4) is 0 Å². The number of aryl methyl sites for hydroxylation is 1. The molecule has 0 spiro atoms. The second-order valence-electron chi connectivity index (χ2n) is 8.45. The number of nitrogens with one attached hydrogen (secondary N) is 1. The Morgan fingerprint density at radius 1 is 0.974 bits per heavy atom. The molecule has 0 aliphatic carbocycles. The van der Waals surface area contributed by atoms with E-state index in [1.165, 1.54) is 44.2 Å². The Hall–Kier alpha value is -4.81. The van der Waals surface area contributed by atoms with Gasteiger partial charge in [0.25, 0.3) is 11.6 Å². The number of nitro groups is 1. The molecule has 0 bridgehead atoms. The lowest BCUT2D eigenvalue weighted by Gasteiger charge is -2.11. The summed E-state index contributed by atoms with van der Waals surface area (Å²) < 4.78 is 75.5. The van der Waals surface area contributed by atoms with Gasteiger partial charge in [0.05, 0.1) is 34.1 Å². The van der Waals surface area contributed by atoms with Crippen molar-refractivity contribution >= 4 is 17.3 Å². The lowest BCUT2D eigenvalue weighted by Crippen LogP contribution is -2.15. The summed E-state index contributed by atoms with van der Waals surface area (Å²) in [6, 6.07) is 11.9. The maximum absolute atomic E-state index is 14.1. The van der Waals surface area contributed by atoms with Gasteiger partial charge in [-0.25, -0.2) is 22.0 Å². The van der Waals surface area contributed by atoms with Gasteiger partial charge in [-0.2, -0.15) is 5.10 Å². The largest absolute Gasteiger partial charge is 0.489 e. The Bertz CT molecular complexity index is 1560. The number of non-ortho nitro benzene ring substituents is 1. The first-order chi connectivity index (χ1) is 18.5. The number of amides is 1. The third-order valence-electron chi connectivity index (χ3n) is 5.87. The molecule has 1 amide bonds. The molecule has 0 aliphatic rings. The van der Waals surface area contributed by atoms with E-state index in [0.29, 0.717) is 11.3 Å². The number of nitro benzene ring substituents is 1. The zero-order valence-corrected chi connectivity index (χ0v) is 20.4. The minimum atomic E-state index is -2.25. The third kappa shape index (κ3) is 5.56. The number of aromatic nitrogens is 2. The van der Waals surface area contributed by atoms with Gasteiger partial charge in [0, 0.05) is 17.7 Å². The fraction of sp³-hybridized carbons (Fsp3) is 0.154. The summed E-state index contributed by atoms with van der Waals surface area (Å²) in [6.07, 6.45) is 0. The quantitative estimate of drug-likeness (QED) is 0.0964. The average molecular weight is 546 g/mol. The van der Waals surface area contributed by atoms with Crippen LogP contribution in [0, 0.1) is 53.0 Å². The van der Waals surface area contributed by atoms with Crippen LogP contribution in [-0.2, 0) is 13.2 Å². The van der Waals surface area contributed by atoms with Crippen molar-refractivity contribution in [2.45, 2.75) is 27.0 Å². The Balaban J connectivity index is 1.49. The van der Waals surface area contributed by atoms with Gasteiger partial charge >= 0.3 is 0 Å². The highest BCUT2D eigenvalue weighted by atomic mass is 19.2. The third-order valence-corrected chi connectivity index (χ3v) is 5.87. The number of halogens is 5. The molecule has 39 heavy (non-hydrogen) atoms. The van der Waals surface area contributed by atoms with E-state index in [9.17, 15) is 36.9 Å². The summed E-state index contributed by atoms with van der Waals surface area (Å²) in [4.78, 5) is 23.2. The average Bonchev–Trinajstić information content (AvgIpc) is 3.19. The molecule has 0 aliphatic heterocycles. The zero-order chi connectivity index (χ0) is 28.4. The summed E-state index contributed by atoms with van der Waals surface area (Å²) in [5, 5.41) is 17.5. The van der Waals surface area contributed by atoms with Crippen molar-refractivity contribution in [3.63, 3.8) is 0 Å². The van der Waals surface area contributed by atoms with Gasteiger partial charge < -0.3 is 10.1 Å². The molecule has 0 radical (unpaired) electrons. The smallest absolute Gasteiger partial charge is 0.269 e. The number of carbonyl (C=O) groups is 1. The van der Waals surface area contributed by atoms with Crippen molar-refractivity contribution in [2.24, 2.45) is 0 Å². The predicted octanol–water partition coefficient (Wildman–Crippen LogP) is 5.98.